The van der Waals surface area contributed by atoms with Gasteiger partial charge in [-0.05, 0) is 113 Å². The van der Waals surface area contributed by atoms with Crippen molar-refractivity contribution in [3.63, 3.8) is 0 Å². The Morgan fingerprint density at radius 3 is 1.73 bits per heavy atom. The standard InChI is InChI=1S/C58H38O/c1-3-18-42(19-4-1)57(43-20-5-2-6-21-43)51-33-40(28-30-47(51)48-31-27-37-15-9-10-22-44(37)56(48)57)41-29-32-54-52(35-41)58(53-34-38-16-7-8-17-39(38)36-55(53)59-54)49-25-13-11-23-45(49)46-24-12-14-26-50(46)58/h1-27,29-36,40H,28H2. The van der Waals surface area contributed by atoms with Gasteiger partial charge in [-0.3, -0.25) is 0 Å². The van der Waals surface area contributed by atoms with E-state index in [0.29, 0.717) is 0 Å². The van der Waals surface area contributed by atoms with Gasteiger partial charge in [-0.2, -0.15) is 0 Å². The second-order valence-electron chi connectivity index (χ2n) is 16.6. The molecule has 4 aliphatic rings. The first-order chi connectivity index (χ1) is 29.2. The molecule has 0 bridgehead atoms. The predicted molar refractivity (Wildman–Crippen MR) is 241 cm³/mol. The fourth-order valence-corrected chi connectivity index (χ4v) is 11.5. The number of allylic oxidation sites excluding steroid dienone is 4. The van der Waals surface area contributed by atoms with E-state index in [-0.39, 0.29) is 5.92 Å². The molecular weight excluding hydrogens is 713 g/mol. The minimum absolute atomic E-state index is 0.147. The zero-order chi connectivity index (χ0) is 38.7. The topological polar surface area (TPSA) is 9.23 Å². The summed E-state index contributed by atoms with van der Waals surface area (Å²) in [5.41, 5.74) is 15.9. The number of hydrogen-bond donors (Lipinski definition) is 0. The van der Waals surface area contributed by atoms with Crippen LogP contribution in [-0.2, 0) is 10.8 Å². The van der Waals surface area contributed by atoms with Gasteiger partial charge in [-0.1, -0.05) is 188 Å². The highest BCUT2D eigenvalue weighted by Gasteiger charge is 2.53. The first-order valence-corrected chi connectivity index (χ1v) is 20.9. The SMILES string of the molecule is C1=C2C(=CC(c3ccc4c(c3)C3(c5cc6ccccc6cc5O4)c4ccccc4-c4ccccc43)C1)C(c1ccccc1)(c1ccccc1)c1c2ccc2ccccc12. The third kappa shape index (κ3) is 4.29. The summed E-state index contributed by atoms with van der Waals surface area (Å²) in [5.74, 6) is 1.99. The Labute approximate surface area is 344 Å². The Hall–Kier alpha value is -7.22. The zero-order valence-corrected chi connectivity index (χ0v) is 32.4. The molecule has 1 spiro atoms. The summed E-state index contributed by atoms with van der Waals surface area (Å²) in [6.45, 7) is 0. The second-order valence-corrected chi connectivity index (χ2v) is 16.6. The van der Waals surface area contributed by atoms with E-state index in [1.54, 1.807) is 0 Å². The Morgan fingerprint density at radius 2 is 1.02 bits per heavy atom. The van der Waals surface area contributed by atoms with Crippen LogP contribution in [0.3, 0.4) is 0 Å². The van der Waals surface area contributed by atoms with Crippen LogP contribution in [0.5, 0.6) is 11.5 Å². The van der Waals surface area contributed by atoms with Gasteiger partial charge in [0.25, 0.3) is 0 Å². The van der Waals surface area contributed by atoms with Crippen molar-refractivity contribution in [1.29, 1.82) is 0 Å². The molecule has 1 atom stereocenters. The van der Waals surface area contributed by atoms with E-state index in [9.17, 15) is 0 Å². The molecule has 1 unspecified atom stereocenters. The fourth-order valence-electron chi connectivity index (χ4n) is 11.5. The molecule has 1 heteroatoms. The van der Waals surface area contributed by atoms with Gasteiger partial charge in [0.1, 0.15) is 11.5 Å². The van der Waals surface area contributed by atoms with Gasteiger partial charge in [0, 0.05) is 17.0 Å². The van der Waals surface area contributed by atoms with Crippen molar-refractivity contribution in [1.82, 2.24) is 0 Å². The van der Waals surface area contributed by atoms with Crippen LogP contribution in [-0.4, -0.2) is 0 Å². The molecule has 9 aromatic carbocycles. The molecule has 0 saturated carbocycles. The smallest absolute Gasteiger partial charge is 0.132 e. The minimum atomic E-state index is -0.542. The highest BCUT2D eigenvalue weighted by molar-refractivity contribution is 6.04. The Balaban J connectivity index is 1.07. The van der Waals surface area contributed by atoms with Gasteiger partial charge in [0.2, 0.25) is 0 Å². The molecule has 0 radical (unpaired) electrons. The van der Waals surface area contributed by atoms with Crippen molar-refractivity contribution in [2.45, 2.75) is 23.2 Å². The van der Waals surface area contributed by atoms with Gasteiger partial charge in [0.15, 0.2) is 0 Å². The maximum absolute atomic E-state index is 7.02. The number of ether oxygens (including phenoxy) is 1. The summed E-state index contributed by atoms with van der Waals surface area (Å²) < 4.78 is 7.02. The lowest BCUT2D eigenvalue weighted by Crippen LogP contribution is -2.32. The van der Waals surface area contributed by atoms with Crippen LogP contribution in [0.2, 0.25) is 0 Å². The van der Waals surface area contributed by atoms with Gasteiger partial charge in [0.05, 0.1) is 10.8 Å². The number of benzene rings is 9. The Morgan fingerprint density at radius 1 is 0.424 bits per heavy atom. The maximum atomic E-state index is 7.02. The Bertz CT molecular complexity index is 3190. The summed E-state index contributed by atoms with van der Waals surface area (Å²) >= 11 is 0. The Kier molecular flexibility index (Phi) is 6.76. The van der Waals surface area contributed by atoms with E-state index in [0.717, 1.165) is 17.9 Å². The third-order valence-corrected chi connectivity index (χ3v) is 13.9. The van der Waals surface area contributed by atoms with Crippen molar-refractivity contribution in [3.8, 4) is 22.6 Å². The second kappa shape index (κ2) is 12.1. The number of rotatable bonds is 3. The highest BCUT2D eigenvalue weighted by Crippen LogP contribution is 2.64. The molecule has 1 aliphatic heterocycles. The maximum Gasteiger partial charge on any atom is 0.132 e. The van der Waals surface area contributed by atoms with E-state index in [4.69, 9.17) is 4.74 Å². The van der Waals surface area contributed by atoms with Crippen LogP contribution in [0.25, 0.3) is 38.2 Å². The summed E-state index contributed by atoms with van der Waals surface area (Å²) in [7, 11) is 0. The van der Waals surface area contributed by atoms with Crippen molar-refractivity contribution in [2.75, 3.05) is 0 Å². The first kappa shape index (κ1) is 32.8. The van der Waals surface area contributed by atoms with E-state index in [1.807, 2.05) is 0 Å². The van der Waals surface area contributed by atoms with Gasteiger partial charge >= 0.3 is 0 Å². The van der Waals surface area contributed by atoms with E-state index in [2.05, 4.69) is 212 Å². The largest absolute Gasteiger partial charge is 0.457 e. The van der Waals surface area contributed by atoms with Crippen molar-refractivity contribution in [3.05, 3.63) is 268 Å². The van der Waals surface area contributed by atoms with Crippen LogP contribution in [0.4, 0.5) is 0 Å². The van der Waals surface area contributed by atoms with Crippen LogP contribution < -0.4 is 4.74 Å². The van der Waals surface area contributed by atoms with Gasteiger partial charge in [-0.15, -0.1) is 0 Å². The molecule has 0 saturated heterocycles. The molecule has 0 N–H and O–H groups in total. The molecule has 13 rings (SSSR count). The summed E-state index contributed by atoms with van der Waals surface area (Å²) in [4.78, 5) is 0. The molecule has 9 aromatic rings. The number of fused-ring (bicyclic) bond motifs is 15. The zero-order valence-electron chi connectivity index (χ0n) is 32.4. The molecule has 0 aromatic heterocycles. The van der Waals surface area contributed by atoms with Crippen LogP contribution in [0.1, 0.15) is 62.4 Å². The summed E-state index contributed by atoms with van der Waals surface area (Å²) in [6, 6.07) is 74.5. The number of hydrogen-bond acceptors (Lipinski definition) is 1. The first-order valence-electron chi connectivity index (χ1n) is 20.9. The van der Waals surface area contributed by atoms with Gasteiger partial charge in [-0.25, -0.2) is 0 Å². The lowest BCUT2D eigenvalue weighted by atomic mass is 9.64. The average molecular weight is 751 g/mol. The van der Waals surface area contributed by atoms with Crippen LogP contribution in [0, 0.1) is 0 Å². The van der Waals surface area contributed by atoms with Crippen molar-refractivity contribution in [2.24, 2.45) is 0 Å². The molecule has 276 valence electrons. The molecule has 1 heterocycles. The monoisotopic (exact) mass is 750 g/mol. The average Bonchev–Trinajstić information content (AvgIpc) is 3.78. The summed E-state index contributed by atoms with van der Waals surface area (Å²) in [6.07, 6.45) is 6.07. The van der Waals surface area contributed by atoms with E-state index >= 15 is 0 Å². The van der Waals surface area contributed by atoms with E-state index in [1.165, 1.54) is 93.9 Å². The molecule has 59 heavy (non-hydrogen) atoms. The van der Waals surface area contributed by atoms with Crippen molar-refractivity contribution >= 4 is 27.1 Å². The normalized spacial score (nSPS) is 17.2. The summed E-state index contributed by atoms with van der Waals surface area (Å²) in [5, 5.41) is 4.98. The fraction of sp³-hybridized carbons (Fsp3) is 0.0690. The van der Waals surface area contributed by atoms with Gasteiger partial charge < -0.3 is 4.74 Å². The third-order valence-electron chi connectivity index (χ3n) is 13.9. The molecule has 0 fully saturated rings. The molecule has 3 aliphatic carbocycles. The molecular formula is C58H38O. The lowest BCUT2D eigenvalue weighted by molar-refractivity contribution is 0.436. The molecule has 1 nitrogen and oxygen atoms in total. The van der Waals surface area contributed by atoms with Crippen molar-refractivity contribution < 1.29 is 4.74 Å². The highest BCUT2D eigenvalue weighted by atomic mass is 16.5. The quantitative estimate of drug-likeness (QED) is 0.175. The van der Waals surface area contributed by atoms with E-state index < -0.39 is 10.8 Å². The van der Waals surface area contributed by atoms with Crippen LogP contribution >= 0.6 is 0 Å². The predicted octanol–water partition coefficient (Wildman–Crippen LogP) is 14.3. The molecule has 0 amide bonds. The minimum Gasteiger partial charge on any atom is -0.457 e. The van der Waals surface area contributed by atoms with Crippen LogP contribution in [0.15, 0.2) is 218 Å². The lowest BCUT2D eigenvalue weighted by Gasteiger charge is -2.40.